The molecule has 0 N–H and O–H groups in total. The molecule has 0 spiro atoms. The lowest BCUT2D eigenvalue weighted by atomic mass is 9.72. The van der Waals surface area contributed by atoms with E-state index < -0.39 is 94.5 Å². The van der Waals surface area contributed by atoms with Crippen molar-refractivity contribution in [3.63, 3.8) is 0 Å². The third kappa shape index (κ3) is 21.0. The van der Waals surface area contributed by atoms with E-state index in [9.17, 15) is 24.9 Å². The van der Waals surface area contributed by atoms with Gasteiger partial charge in [-0.1, -0.05) is 41.5 Å². The van der Waals surface area contributed by atoms with Crippen LogP contribution in [0, 0.1) is 51.4 Å². The van der Waals surface area contributed by atoms with E-state index in [1.54, 1.807) is 0 Å². The van der Waals surface area contributed by atoms with Gasteiger partial charge in [-0.25, -0.2) is 33.6 Å². The lowest BCUT2D eigenvalue weighted by Gasteiger charge is -2.37. The Labute approximate surface area is 536 Å². The van der Waals surface area contributed by atoms with E-state index in [2.05, 4.69) is 31.7 Å². The molecule has 0 saturated carbocycles. The standard InChI is InChI=1S/C67H94N6O18/c1-65(2)35-47(50(41-68)52(38-65)71-17-11-12-18-71)55(59(74)86-32-29-83-26-23-80-8)62(77)89-43-46(44-90-63(78)56(60(75)87-33-30-84-27-24-81-9)48-36-66(3,4)39-53(51(48)42-69)72-19-13-14-20-72)45-91-64(79)57(61(76)88-34-31-85-28-25-82-10)49-37-67(5,6)40-54(58(49)70-7)73-21-15-16-22-73/h46H,11-40,43-45H2,1-6,8-10H3/b55-47+,56-48+,57-49+. The number of allylic oxidation sites excluding steroid dienone is 8. The first-order valence-corrected chi connectivity index (χ1v) is 31.7. The van der Waals surface area contributed by atoms with Gasteiger partial charge in [-0.2, -0.15) is 10.5 Å². The van der Waals surface area contributed by atoms with Crippen LogP contribution in [0.15, 0.2) is 67.4 Å². The molecule has 3 heterocycles. The molecule has 3 saturated heterocycles. The van der Waals surface area contributed by atoms with Crippen molar-refractivity contribution in [1.29, 1.82) is 10.5 Å². The first-order chi connectivity index (χ1) is 43.6. The number of likely N-dealkylation sites (tertiary alicyclic amines) is 3. The van der Waals surface area contributed by atoms with Gasteiger partial charge in [-0.15, -0.1) is 0 Å². The minimum Gasteiger partial charge on any atom is -0.461 e. The van der Waals surface area contributed by atoms with Crippen LogP contribution in [0.2, 0.25) is 0 Å². The molecule has 0 bridgehead atoms. The number of ether oxygens (including phenoxy) is 12. The van der Waals surface area contributed by atoms with Crippen LogP contribution < -0.4 is 0 Å². The van der Waals surface area contributed by atoms with Crippen LogP contribution in [0.3, 0.4) is 0 Å². The highest BCUT2D eigenvalue weighted by molar-refractivity contribution is 6.17. The maximum atomic E-state index is 15.0. The predicted molar refractivity (Wildman–Crippen MR) is 329 cm³/mol. The maximum Gasteiger partial charge on any atom is 0.345 e. The molecule has 24 nitrogen and oxygen atoms in total. The van der Waals surface area contributed by atoms with Crippen LogP contribution in [0.4, 0.5) is 0 Å². The van der Waals surface area contributed by atoms with Crippen LogP contribution >= 0.6 is 0 Å². The molecule has 6 aliphatic rings. The van der Waals surface area contributed by atoms with Crippen LogP contribution in [-0.4, -0.2) is 210 Å². The minimum absolute atomic E-state index is 0.0469. The fourth-order valence-corrected chi connectivity index (χ4v) is 12.3. The van der Waals surface area contributed by atoms with Crippen molar-refractivity contribution in [3.8, 4) is 12.1 Å². The van der Waals surface area contributed by atoms with Crippen molar-refractivity contribution >= 4 is 35.8 Å². The first-order valence-electron chi connectivity index (χ1n) is 31.7. The molecule has 3 fully saturated rings. The molecule has 0 aromatic heterocycles. The maximum absolute atomic E-state index is 15.0. The minimum atomic E-state index is -1.33. The summed E-state index contributed by atoms with van der Waals surface area (Å²) in [6.45, 7) is 22.6. The van der Waals surface area contributed by atoms with E-state index >= 15 is 14.4 Å². The third-order valence-electron chi connectivity index (χ3n) is 16.6. The Kier molecular flexibility index (Phi) is 28.6. The Morgan fingerprint density at radius 3 is 1.00 bits per heavy atom. The smallest absolute Gasteiger partial charge is 0.345 e. The van der Waals surface area contributed by atoms with Crippen LogP contribution in [-0.2, 0) is 85.6 Å². The number of nitrogens with zero attached hydrogens (tertiary/aromatic N) is 6. The average molecular weight is 1270 g/mol. The number of nitriles is 2. The van der Waals surface area contributed by atoms with Crippen molar-refractivity contribution < 1.29 is 85.6 Å². The van der Waals surface area contributed by atoms with Gasteiger partial charge in [0.15, 0.2) is 0 Å². The van der Waals surface area contributed by atoms with Crippen molar-refractivity contribution in [2.24, 2.45) is 22.2 Å². The molecule has 0 atom stereocenters. The average Bonchev–Trinajstić information content (AvgIpc) is 1.12. The van der Waals surface area contributed by atoms with E-state index in [0.717, 1.165) is 38.5 Å². The van der Waals surface area contributed by atoms with Gasteiger partial charge in [0, 0.05) is 77.7 Å². The lowest BCUT2D eigenvalue weighted by molar-refractivity contribution is -0.152. The summed E-state index contributed by atoms with van der Waals surface area (Å²) in [6.07, 6.45) is 7.08. The Bertz CT molecular complexity index is 2620. The van der Waals surface area contributed by atoms with Gasteiger partial charge in [-0.05, 0) is 110 Å². The van der Waals surface area contributed by atoms with Gasteiger partial charge in [0.1, 0.15) is 68.5 Å². The van der Waals surface area contributed by atoms with E-state index in [0.29, 0.717) is 75.6 Å². The molecule has 3 aliphatic heterocycles. The normalized spacial score (nSPS) is 20.4. The molecule has 0 radical (unpaired) electrons. The molecule has 91 heavy (non-hydrogen) atoms. The summed E-state index contributed by atoms with van der Waals surface area (Å²) >= 11 is 0. The van der Waals surface area contributed by atoms with E-state index in [-0.39, 0.29) is 132 Å². The molecule has 0 amide bonds. The summed E-state index contributed by atoms with van der Waals surface area (Å²) in [6, 6.07) is 4.57. The van der Waals surface area contributed by atoms with E-state index in [4.69, 9.17) is 63.4 Å². The second-order valence-electron chi connectivity index (χ2n) is 25.9. The van der Waals surface area contributed by atoms with E-state index in [1.807, 2.05) is 41.5 Å². The summed E-state index contributed by atoms with van der Waals surface area (Å²) in [4.78, 5) is 98.7. The zero-order valence-corrected chi connectivity index (χ0v) is 54.9. The molecule has 500 valence electrons. The first kappa shape index (κ1) is 72.9. The van der Waals surface area contributed by atoms with Crippen molar-refractivity contribution in [2.75, 3.05) is 160 Å². The SMILES string of the molecule is [C-]#[N+]C1=C(N2CCCC2)CC(C)(C)C/C1=C(/C(=O)OCCOCCOC)C(=O)OCC(COC(=O)/C(C(=O)OCCOCCOC)=C1\CC(C)(C)CC(N2CCCC2)=C1C#N)COC(=O)/C(C(=O)OCCOCCOC)=C1\CC(C)(C)CC(N2CCCC2)=C1C#N. The molecular formula is C67H94N6O18. The predicted octanol–water partition coefficient (Wildman–Crippen LogP) is 7.17. The topological polar surface area (TPSA) is 275 Å². The highest BCUT2D eigenvalue weighted by atomic mass is 16.6. The fourth-order valence-electron chi connectivity index (χ4n) is 12.3. The van der Waals surface area contributed by atoms with Gasteiger partial charge in [-0.3, -0.25) is 0 Å². The zero-order valence-electron chi connectivity index (χ0n) is 54.9. The molecule has 0 unspecified atom stereocenters. The Morgan fingerprint density at radius 2 is 0.692 bits per heavy atom. The van der Waals surface area contributed by atoms with Gasteiger partial charge in [0.25, 0.3) is 0 Å². The zero-order chi connectivity index (χ0) is 66.1. The number of esters is 6. The second kappa shape index (κ2) is 35.6. The van der Waals surface area contributed by atoms with Crippen LogP contribution in [0.5, 0.6) is 0 Å². The Morgan fingerprint density at radius 1 is 0.418 bits per heavy atom. The number of rotatable bonds is 33. The number of methoxy groups -OCH3 is 3. The van der Waals surface area contributed by atoms with Crippen LogP contribution in [0.1, 0.15) is 119 Å². The van der Waals surface area contributed by atoms with Crippen molar-refractivity contribution in [3.05, 3.63) is 78.8 Å². The molecule has 6 rings (SSSR count). The molecule has 24 heteroatoms. The number of carbonyl (C=O) groups is 6. The largest absolute Gasteiger partial charge is 0.461 e. The summed E-state index contributed by atoms with van der Waals surface area (Å²) in [7, 11) is 4.54. The number of hydrogen-bond donors (Lipinski definition) is 0. The van der Waals surface area contributed by atoms with Gasteiger partial charge >= 0.3 is 35.8 Å². The summed E-state index contributed by atoms with van der Waals surface area (Å²) in [5.74, 6) is -8.22. The highest BCUT2D eigenvalue weighted by Crippen LogP contribution is 2.48. The molecule has 0 aromatic carbocycles. The Hall–Kier alpha value is -7.11. The van der Waals surface area contributed by atoms with Crippen molar-refractivity contribution in [1.82, 2.24) is 14.7 Å². The van der Waals surface area contributed by atoms with Gasteiger partial charge in [0.05, 0.1) is 83.1 Å². The monoisotopic (exact) mass is 1270 g/mol. The quantitative estimate of drug-likeness (QED) is 0.0120. The number of hydrogen-bond acceptors (Lipinski definition) is 23. The lowest BCUT2D eigenvalue weighted by Crippen LogP contribution is -2.34. The second-order valence-corrected chi connectivity index (χ2v) is 25.9. The van der Waals surface area contributed by atoms with E-state index in [1.165, 1.54) is 21.3 Å². The molecule has 3 aliphatic carbocycles. The fraction of sp³-hybridized carbons (Fsp3) is 0.687. The van der Waals surface area contributed by atoms with Gasteiger partial charge < -0.3 is 71.5 Å². The third-order valence-corrected chi connectivity index (χ3v) is 16.6. The highest BCUT2D eigenvalue weighted by Gasteiger charge is 2.43. The van der Waals surface area contributed by atoms with Crippen LogP contribution in [0.25, 0.3) is 4.85 Å². The van der Waals surface area contributed by atoms with Gasteiger partial charge in [0.2, 0.25) is 5.70 Å². The Balaban J connectivity index is 1.44. The summed E-state index contributed by atoms with van der Waals surface area (Å²) in [5.41, 5.74) is -0.526. The number of carbonyl (C=O) groups excluding carboxylic acids is 6. The summed E-state index contributed by atoms with van der Waals surface area (Å²) in [5, 5.41) is 21.8. The molecule has 0 aromatic rings. The van der Waals surface area contributed by atoms with Crippen molar-refractivity contribution in [2.45, 2.75) is 119 Å². The molecular weight excluding hydrogens is 1180 g/mol. The summed E-state index contributed by atoms with van der Waals surface area (Å²) < 4.78 is 67.0.